The van der Waals surface area contributed by atoms with Gasteiger partial charge in [0.2, 0.25) is 5.91 Å². The van der Waals surface area contributed by atoms with Crippen LogP contribution >= 0.6 is 11.6 Å². The molecule has 0 aliphatic heterocycles. The highest BCUT2D eigenvalue weighted by Gasteiger charge is 2.17. The first kappa shape index (κ1) is 39.1. The van der Waals surface area contributed by atoms with Gasteiger partial charge in [0.15, 0.2) is 0 Å². The summed E-state index contributed by atoms with van der Waals surface area (Å²) in [4.78, 5) is 38.1. The fraction of sp³-hybridized carbons (Fsp3) is 0.471. The number of halogens is 1. The summed E-state index contributed by atoms with van der Waals surface area (Å²) in [7, 11) is 1.00. The Bertz CT molecular complexity index is 1180. The molecule has 0 bridgehead atoms. The molecule has 248 valence electrons. The SMILES string of the molecule is C/C=C\CCCC(=O)NC(C)C(=O)OCc1ccc(CO[N+](=O)[O-])cc1.CO.Clc1cccc(OCC/C=C/C2CCCC2)c1. The summed E-state index contributed by atoms with van der Waals surface area (Å²) in [5.41, 5.74) is 1.36. The summed E-state index contributed by atoms with van der Waals surface area (Å²) >= 11 is 5.88. The fourth-order valence-corrected chi connectivity index (χ4v) is 4.48. The second kappa shape index (κ2) is 24.4. The average Bonchev–Trinajstić information content (AvgIpc) is 3.56. The molecule has 2 aromatic rings. The monoisotopic (exact) mass is 646 g/mol. The zero-order valence-electron chi connectivity index (χ0n) is 26.5. The minimum Gasteiger partial charge on any atom is -0.493 e. The van der Waals surface area contributed by atoms with E-state index in [-0.39, 0.29) is 19.1 Å². The number of carbonyl (C=O) groups is 2. The van der Waals surface area contributed by atoms with Gasteiger partial charge in [-0.05, 0) is 81.2 Å². The molecular formula is C34H47ClN2O8. The molecule has 1 aliphatic rings. The van der Waals surface area contributed by atoms with Gasteiger partial charge in [-0.3, -0.25) is 4.79 Å². The van der Waals surface area contributed by atoms with Gasteiger partial charge in [0.1, 0.15) is 25.0 Å². The Labute approximate surface area is 271 Å². The third-order valence-corrected chi connectivity index (χ3v) is 6.87. The van der Waals surface area contributed by atoms with Crippen molar-refractivity contribution in [2.45, 2.75) is 84.5 Å². The summed E-state index contributed by atoms with van der Waals surface area (Å²) < 4.78 is 10.8. The van der Waals surface area contributed by atoms with E-state index in [2.05, 4.69) is 22.3 Å². The summed E-state index contributed by atoms with van der Waals surface area (Å²) in [5.74, 6) is 0.967. The normalized spacial score (nSPS) is 13.3. The van der Waals surface area contributed by atoms with E-state index in [4.69, 9.17) is 26.2 Å². The number of aliphatic hydroxyl groups is 1. The van der Waals surface area contributed by atoms with Crippen LogP contribution in [0, 0.1) is 16.0 Å². The standard InChI is InChI=1S/C18H24N2O6.C15H19ClO.CH4O/c1-3-4-5-6-7-17(21)19-14(2)18(22)25-12-15-8-10-16(11-9-15)13-26-20(23)24;16-14-9-5-10-15(12-14)17-11-4-3-8-13-6-1-2-7-13;1-2/h3-4,8-11,14H,5-7,12-13H2,1-2H3,(H,19,21);3,5,8-10,12-13H,1-2,4,6-7,11H2;2H,1H3/b4-3-;8-3+;. The lowest BCUT2D eigenvalue weighted by Crippen LogP contribution is -2.39. The second-order valence-electron chi connectivity index (χ2n) is 10.2. The number of nitrogens with zero attached hydrogens (tertiary/aromatic N) is 1. The number of hydrogen-bond donors (Lipinski definition) is 2. The Morgan fingerprint density at radius 2 is 1.73 bits per heavy atom. The maximum atomic E-state index is 11.9. The van der Waals surface area contributed by atoms with Crippen LogP contribution in [0.4, 0.5) is 0 Å². The number of aliphatic hydroxyl groups excluding tert-OH is 1. The van der Waals surface area contributed by atoms with Crippen molar-refractivity contribution in [1.29, 1.82) is 0 Å². The van der Waals surface area contributed by atoms with Gasteiger partial charge in [0.05, 0.1) is 6.61 Å². The van der Waals surface area contributed by atoms with E-state index in [1.54, 1.807) is 31.2 Å². The highest BCUT2D eigenvalue weighted by atomic mass is 35.5. The molecule has 0 saturated heterocycles. The molecular weight excluding hydrogens is 600 g/mol. The van der Waals surface area contributed by atoms with E-state index in [1.807, 2.05) is 43.3 Å². The van der Waals surface area contributed by atoms with Gasteiger partial charge in [-0.1, -0.05) is 79.1 Å². The summed E-state index contributed by atoms with van der Waals surface area (Å²) in [6, 6.07) is 13.5. The second-order valence-corrected chi connectivity index (χ2v) is 10.7. The van der Waals surface area contributed by atoms with E-state index in [9.17, 15) is 19.7 Å². The van der Waals surface area contributed by atoms with E-state index in [0.717, 1.165) is 55.2 Å². The lowest BCUT2D eigenvalue weighted by atomic mass is 10.1. The van der Waals surface area contributed by atoms with Gasteiger partial charge in [-0.25, -0.2) is 4.79 Å². The van der Waals surface area contributed by atoms with Crippen LogP contribution in [0.2, 0.25) is 5.02 Å². The Hall–Kier alpha value is -3.89. The maximum Gasteiger partial charge on any atom is 0.328 e. The number of nitrogens with one attached hydrogen (secondary N) is 1. The van der Waals surface area contributed by atoms with Crippen molar-refractivity contribution >= 4 is 23.5 Å². The van der Waals surface area contributed by atoms with Crippen molar-refractivity contribution in [3.63, 3.8) is 0 Å². The molecule has 10 nitrogen and oxygen atoms in total. The van der Waals surface area contributed by atoms with Crippen molar-refractivity contribution in [2.75, 3.05) is 13.7 Å². The smallest absolute Gasteiger partial charge is 0.328 e. The van der Waals surface area contributed by atoms with E-state index in [1.165, 1.54) is 25.7 Å². The quantitative estimate of drug-likeness (QED) is 0.0645. The summed E-state index contributed by atoms with van der Waals surface area (Å²) in [5, 5.41) is 19.6. The fourth-order valence-electron chi connectivity index (χ4n) is 4.30. The first-order valence-electron chi connectivity index (χ1n) is 15.2. The third kappa shape index (κ3) is 19.2. The van der Waals surface area contributed by atoms with Gasteiger partial charge in [-0.2, -0.15) is 0 Å². The number of unbranched alkanes of at least 4 members (excludes halogenated alkanes) is 1. The number of benzene rings is 2. The first-order valence-corrected chi connectivity index (χ1v) is 15.6. The van der Waals surface area contributed by atoms with Crippen LogP contribution in [0.3, 0.4) is 0 Å². The zero-order valence-corrected chi connectivity index (χ0v) is 27.2. The molecule has 0 spiro atoms. The molecule has 1 unspecified atom stereocenters. The number of rotatable bonds is 16. The van der Waals surface area contributed by atoms with Crippen LogP contribution in [0.1, 0.15) is 76.3 Å². The Balaban J connectivity index is 0.000000458. The third-order valence-electron chi connectivity index (χ3n) is 6.64. The Morgan fingerprint density at radius 1 is 1.07 bits per heavy atom. The number of allylic oxidation sites excluding steroid dienone is 3. The number of carbonyl (C=O) groups excluding carboxylic acids is 2. The average molecular weight is 647 g/mol. The highest BCUT2D eigenvalue weighted by Crippen LogP contribution is 2.25. The summed E-state index contributed by atoms with van der Waals surface area (Å²) in [6.07, 6.45) is 16.9. The number of ether oxygens (including phenoxy) is 2. The molecule has 0 aromatic heterocycles. The van der Waals surface area contributed by atoms with Crippen LogP contribution in [-0.4, -0.2) is 41.8 Å². The molecule has 2 aromatic carbocycles. The van der Waals surface area contributed by atoms with E-state index < -0.39 is 17.1 Å². The van der Waals surface area contributed by atoms with Crippen LogP contribution in [0.25, 0.3) is 0 Å². The minimum atomic E-state index is -0.855. The molecule has 0 radical (unpaired) electrons. The lowest BCUT2D eigenvalue weighted by Gasteiger charge is -2.13. The molecule has 1 amide bonds. The minimum absolute atomic E-state index is 0.0523. The topological polar surface area (TPSA) is 137 Å². The van der Waals surface area contributed by atoms with Crippen molar-refractivity contribution in [1.82, 2.24) is 5.32 Å². The van der Waals surface area contributed by atoms with Gasteiger partial charge in [-0.15, -0.1) is 10.1 Å². The predicted octanol–water partition coefficient (Wildman–Crippen LogP) is 7.15. The molecule has 45 heavy (non-hydrogen) atoms. The number of amides is 1. The van der Waals surface area contributed by atoms with Gasteiger partial charge >= 0.3 is 5.97 Å². The Morgan fingerprint density at radius 3 is 2.36 bits per heavy atom. The lowest BCUT2D eigenvalue weighted by molar-refractivity contribution is -0.763. The summed E-state index contributed by atoms with van der Waals surface area (Å²) in [6.45, 7) is 4.14. The molecule has 1 aliphatic carbocycles. The van der Waals surface area contributed by atoms with Gasteiger partial charge in [0.25, 0.3) is 5.09 Å². The van der Waals surface area contributed by atoms with E-state index in [0.29, 0.717) is 12.0 Å². The number of esters is 1. The molecule has 2 N–H and O–H groups in total. The largest absolute Gasteiger partial charge is 0.493 e. The Kier molecular flexibility index (Phi) is 21.2. The van der Waals surface area contributed by atoms with Crippen molar-refractivity contribution < 1.29 is 34.1 Å². The van der Waals surface area contributed by atoms with Crippen LogP contribution < -0.4 is 10.1 Å². The van der Waals surface area contributed by atoms with Crippen molar-refractivity contribution in [3.05, 3.63) is 99.1 Å². The molecule has 0 heterocycles. The van der Waals surface area contributed by atoms with Crippen LogP contribution in [0.15, 0.2) is 72.8 Å². The molecule has 1 fully saturated rings. The van der Waals surface area contributed by atoms with Crippen molar-refractivity contribution in [2.24, 2.45) is 5.92 Å². The van der Waals surface area contributed by atoms with Crippen LogP contribution in [0.5, 0.6) is 5.75 Å². The zero-order chi connectivity index (χ0) is 33.3. The van der Waals surface area contributed by atoms with Crippen molar-refractivity contribution in [3.8, 4) is 5.75 Å². The first-order chi connectivity index (χ1) is 21.8. The molecule has 1 saturated carbocycles. The van der Waals surface area contributed by atoms with Gasteiger partial charge < -0.3 is 24.7 Å². The highest BCUT2D eigenvalue weighted by molar-refractivity contribution is 6.30. The van der Waals surface area contributed by atoms with Crippen LogP contribution in [-0.2, 0) is 32.4 Å². The molecule has 3 rings (SSSR count). The maximum absolute atomic E-state index is 11.9. The van der Waals surface area contributed by atoms with Gasteiger partial charge in [0, 0.05) is 18.6 Å². The predicted molar refractivity (Wildman–Crippen MR) is 175 cm³/mol. The molecule has 1 atom stereocenters. The van der Waals surface area contributed by atoms with E-state index >= 15 is 0 Å². The molecule has 11 heteroatoms. The number of hydrogen-bond acceptors (Lipinski definition) is 8.